The average Bonchev–Trinajstić information content (AvgIpc) is 2.39. The van der Waals surface area contributed by atoms with Gasteiger partial charge < -0.3 is 5.73 Å². The van der Waals surface area contributed by atoms with Crippen molar-refractivity contribution >= 4 is 17.4 Å². The van der Waals surface area contributed by atoms with Crippen LogP contribution in [0.25, 0.3) is 0 Å². The van der Waals surface area contributed by atoms with Gasteiger partial charge in [0.15, 0.2) is 0 Å². The van der Waals surface area contributed by atoms with Gasteiger partial charge in [0.2, 0.25) is 0 Å². The molecule has 0 saturated heterocycles. The van der Waals surface area contributed by atoms with Crippen LogP contribution in [0.5, 0.6) is 0 Å². The quantitative estimate of drug-likeness (QED) is 0.681. The predicted molar refractivity (Wildman–Crippen MR) is 76.3 cm³/mol. The van der Waals surface area contributed by atoms with E-state index in [2.05, 4.69) is 0 Å². The topological polar surface area (TPSA) is 49.8 Å². The van der Waals surface area contributed by atoms with E-state index in [1.165, 1.54) is 17.8 Å². The summed E-state index contributed by atoms with van der Waals surface area (Å²) in [7, 11) is 0. The van der Waals surface area contributed by atoms with E-state index in [1.807, 2.05) is 31.2 Å². The van der Waals surface area contributed by atoms with Crippen molar-refractivity contribution < 1.29 is 4.39 Å². The number of anilines is 1. The van der Waals surface area contributed by atoms with E-state index >= 15 is 0 Å². The highest BCUT2D eigenvalue weighted by Crippen LogP contribution is 2.28. The Kier molecular flexibility index (Phi) is 4.08. The van der Waals surface area contributed by atoms with Crippen LogP contribution in [-0.4, -0.2) is 0 Å². The zero-order valence-corrected chi connectivity index (χ0v) is 11.3. The molecule has 0 unspecified atom stereocenters. The van der Waals surface area contributed by atoms with E-state index in [0.29, 0.717) is 11.3 Å². The number of aryl methyl sites for hydroxylation is 1. The highest BCUT2D eigenvalue weighted by atomic mass is 32.2. The van der Waals surface area contributed by atoms with Crippen LogP contribution in [-0.2, 0) is 5.75 Å². The molecule has 0 fully saturated rings. The minimum absolute atomic E-state index is 0.0899. The van der Waals surface area contributed by atoms with Gasteiger partial charge in [0.1, 0.15) is 11.9 Å². The normalized spacial score (nSPS) is 10.2. The van der Waals surface area contributed by atoms with Gasteiger partial charge in [-0.3, -0.25) is 0 Å². The van der Waals surface area contributed by atoms with Gasteiger partial charge in [-0.15, -0.1) is 11.8 Å². The van der Waals surface area contributed by atoms with Crippen LogP contribution >= 0.6 is 11.8 Å². The minimum Gasteiger partial charge on any atom is -0.399 e. The Morgan fingerprint density at radius 2 is 2.11 bits per heavy atom. The molecule has 0 aliphatic carbocycles. The number of nitriles is 1. The third-order valence-corrected chi connectivity index (χ3v) is 4.01. The Labute approximate surface area is 116 Å². The molecule has 0 radical (unpaired) electrons. The molecule has 0 saturated carbocycles. The molecule has 0 amide bonds. The number of thioether (sulfide) groups is 1. The van der Waals surface area contributed by atoms with Crippen molar-refractivity contribution in [1.82, 2.24) is 0 Å². The standard InChI is InChI=1S/C15H13FN2S/c1-10-7-13(18)5-6-14(10)19-9-12-4-2-3-11(8-17)15(12)16/h2-7H,9,18H2,1H3. The first-order valence-electron chi connectivity index (χ1n) is 5.78. The fraction of sp³-hybridized carbons (Fsp3) is 0.133. The van der Waals surface area contributed by atoms with Crippen LogP contribution in [0.3, 0.4) is 0 Å². The number of nitrogens with zero attached hydrogens (tertiary/aromatic N) is 1. The molecule has 2 aromatic rings. The fourth-order valence-electron chi connectivity index (χ4n) is 1.77. The van der Waals surface area contributed by atoms with Gasteiger partial charge in [-0.1, -0.05) is 12.1 Å². The molecular weight excluding hydrogens is 259 g/mol. The maximum atomic E-state index is 13.9. The Bertz CT molecular complexity index is 647. The lowest BCUT2D eigenvalue weighted by atomic mass is 10.1. The van der Waals surface area contributed by atoms with Crippen molar-refractivity contribution in [2.75, 3.05) is 5.73 Å². The summed E-state index contributed by atoms with van der Waals surface area (Å²) >= 11 is 1.54. The molecular formula is C15H13FN2S. The van der Waals surface area contributed by atoms with E-state index in [4.69, 9.17) is 11.0 Å². The van der Waals surface area contributed by atoms with Crippen molar-refractivity contribution in [3.05, 3.63) is 58.9 Å². The molecule has 0 spiro atoms. The Morgan fingerprint density at radius 3 is 2.79 bits per heavy atom. The summed E-state index contributed by atoms with van der Waals surface area (Å²) in [5.41, 5.74) is 8.12. The molecule has 19 heavy (non-hydrogen) atoms. The Balaban J connectivity index is 2.17. The first-order valence-corrected chi connectivity index (χ1v) is 6.77. The molecule has 2 rings (SSSR count). The minimum atomic E-state index is -0.425. The van der Waals surface area contributed by atoms with Gasteiger partial charge in [0.05, 0.1) is 5.56 Å². The molecule has 96 valence electrons. The van der Waals surface area contributed by atoms with Gasteiger partial charge in [0, 0.05) is 16.3 Å². The molecule has 0 heterocycles. The zero-order valence-electron chi connectivity index (χ0n) is 10.5. The highest BCUT2D eigenvalue weighted by Gasteiger charge is 2.08. The van der Waals surface area contributed by atoms with Gasteiger partial charge >= 0.3 is 0 Å². The molecule has 0 aliphatic heterocycles. The van der Waals surface area contributed by atoms with Crippen LogP contribution in [0.4, 0.5) is 10.1 Å². The smallest absolute Gasteiger partial charge is 0.144 e. The number of hydrogen-bond donors (Lipinski definition) is 1. The van der Waals surface area contributed by atoms with Crippen LogP contribution in [0.15, 0.2) is 41.3 Å². The summed E-state index contributed by atoms with van der Waals surface area (Å²) in [6, 6.07) is 12.4. The number of benzene rings is 2. The first-order chi connectivity index (χ1) is 9.11. The van der Waals surface area contributed by atoms with Crippen LogP contribution in [0.2, 0.25) is 0 Å². The lowest BCUT2D eigenvalue weighted by Gasteiger charge is -2.07. The van der Waals surface area contributed by atoms with Crippen molar-refractivity contribution in [3.63, 3.8) is 0 Å². The summed E-state index contributed by atoms with van der Waals surface area (Å²) < 4.78 is 13.9. The number of nitrogens with two attached hydrogens (primary N) is 1. The largest absolute Gasteiger partial charge is 0.399 e. The average molecular weight is 272 g/mol. The lowest BCUT2D eigenvalue weighted by molar-refractivity contribution is 0.613. The second kappa shape index (κ2) is 5.77. The van der Waals surface area contributed by atoms with Gasteiger partial charge in [-0.05, 0) is 42.3 Å². The fourth-order valence-corrected chi connectivity index (χ4v) is 2.75. The third-order valence-electron chi connectivity index (χ3n) is 2.78. The molecule has 0 aromatic heterocycles. The molecule has 0 bridgehead atoms. The van der Waals surface area contributed by atoms with Gasteiger partial charge in [-0.25, -0.2) is 4.39 Å². The molecule has 2 N–H and O–H groups in total. The van der Waals surface area contributed by atoms with Crippen LogP contribution < -0.4 is 5.73 Å². The molecule has 0 aliphatic rings. The van der Waals surface area contributed by atoms with Crippen molar-refractivity contribution in [1.29, 1.82) is 5.26 Å². The summed E-state index contributed by atoms with van der Waals surface area (Å²) in [6.45, 7) is 1.97. The number of rotatable bonds is 3. The second-order valence-corrected chi connectivity index (χ2v) is 5.22. The van der Waals surface area contributed by atoms with Crippen molar-refractivity contribution in [3.8, 4) is 6.07 Å². The number of halogens is 1. The lowest BCUT2D eigenvalue weighted by Crippen LogP contribution is -1.92. The summed E-state index contributed by atoms with van der Waals surface area (Å²) in [6.07, 6.45) is 0. The number of nitrogen functional groups attached to an aromatic ring is 1. The monoisotopic (exact) mass is 272 g/mol. The summed E-state index contributed by atoms with van der Waals surface area (Å²) in [5, 5.41) is 8.79. The summed E-state index contributed by atoms with van der Waals surface area (Å²) in [4.78, 5) is 1.07. The van der Waals surface area contributed by atoms with E-state index in [-0.39, 0.29) is 5.56 Å². The molecule has 4 heteroatoms. The molecule has 2 nitrogen and oxygen atoms in total. The Morgan fingerprint density at radius 1 is 1.32 bits per heavy atom. The maximum Gasteiger partial charge on any atom is 0.144 e. The van der Waals surface area contributed by atoms with E-state index in [9.17, 15) is 4.39 Å². The first kappa shape index (κ1) is 13.4. The van der Waals surface area contributed by atoms with E-state index in [1.54, 1.807) is 12.1 Å². The number of hydrogen-bond acceptors (Lipinski definition) is 3. The van der Waals surface area contributed by atoms with Crippen LogP contribution in [0.1, 0.15) is 16.7 Å². The van der Waals surface area contributed by atoms with Gasteiger partial charge in [-0.2, -0.15) is 5.26 Å². The van der Waals surface area contributed by atoms with E-state index < -0.39 is 5.82 Å². The Hall–Kier alpha value is -1.99. The zero-order chi connectivity index (χ0) is 13.8. The molecule has 2 aromatic carbocycles. The van der Waals surface area contributed by atoms with Gasteiger partial charge in [0.25, 0.3) is 0 Å². The SMILES string of the molecule is Cc1cc(N)ccc1SCc1cccc(C#N)c1F. The van der Waals surface area contributed by atoms with Crippen molar-refractivity contribution in [2.45, 2.75) is 17.6 Å². The summed E-state index contributed by atoms with van der Waals surface area (Å²) in [5.74, 6) is 0.0668. The second-order valence-electron chi connectivity index (χ2n) is 4.20. The van der Waals surface area contributed by atoms with E-state index in [0.717, 1.165) is 16.1 Å². The van der Waals surface area contributed by atoms with Crippen LogP contribution in [0, 0.1) is 24.1 Å². The third kappa shape index (κ3) is 3.07. The maximum absolute atomic E-state index is 13.9. The predicted octanol–water partition coefficient (Wildman–Crippen LogP) is 3.88. The highest BCUT2D eigenvalue weighted by molar-refractivity contribution is 7.98. The van der Waals surface area contributed by atoms with Crippen molar-refractivity contribution in [2.24, 2.45) is 0 Å². The molecule has 0 atom stereocenters.